The molecule has 0 saturated carbocycles. The second-order valence-electron chi connectivity index (χ2n) is 4.48. The Morgan fingerprint density at radius 1 is 1.32 bits per heavy atom. The summed E-state index contributed by atoms with van der Waals surface area (Å²) < 4.78 is 1.23. The van der Waals surface area contributed by atoms with E-state index >= 15 is 0 Å². The second kappa shape index (κ2) is 4.24. The summed E-state index contributed by atoms with van der Waals surface area (Å²) in [6.45, 7) is 0. The maximum atomic E-state index is 12.2. The highest BCUT2D eigenvalue weighted by atomic mass is 16.1. The van der Waals surface area contributed by atoms with Crippen molar-refractivity contribution in [3.8, 4) is 12.0 Å². The molecule has 0 amide bonds. The minimum Gasteiger partial charge on any atom is -0.292 e. The fourth-order valence-electron chi connectivity index (χ4n) is 2.31. The van der Waals surface area contributed by atoms with Crippen LogP contribution in [0.1, 0.15) is 29.7 Å². The van der Waals surface area contributed by atoms with Gasteiger partial charge >= 0.3 is 0 Å². The molecule has 0 unspecified atom stereocenters. The molecule has 7 nitrogen and oxygen atoms in total. The van der Waals surface area contributed by atoms with Gasteiger partial charge in [0.05, 0.1) is 6.20 Å². The number of aromatic amines is 2. The van der Waals surface area contributed by atoms with E-state index in [0.29, 0.717) is 0 Å². The number of aryl methyl sites for hydroxylation is 1. The van der Waals surface area contributed by atoms with Crippen molar-refractivity contribution >= 4 is 0 Å². The quantitative estimate of drug-likeness (QED) is 0.749. The second-order valence-corrected chi connectivity index (χ2v) is 4.48. The minimum absolute atomic E-state index is 0.0758. The monoisotopic (exact) mass is 257 g/mol. The van der Waals surface area contributed by atoms with Crippen LogP contribution in [0.2, 0.25) is 0 Å². The number of nitriles is 1. The molecular formula is C12H11N5O2. The molecule has 0 atom stereocenters. The minimum atomic E-state index is -0.549. The summed E-state index contributed by atoms with van der Waals surface area (Å²) in [7, 11) is 0. The average molecular weight is 257 g/mol. The Kier molecular flexibility index (Phi) is 2.56. The summed E-state index contributed by atoms with van der Waals surface area (Å²) in [6.07, 6.45) is 4.79. The lowest BCUT2D eigenvalue weighted by molar-refractivity contribution is 0.669. The van der Waals surface area contributed by atoms with Gasteiger partial charge in [-0.2, -0.15) is 9.94 Å². The Labute approximate surface area is 107 Å². The molecule has 0 fully saturated rings. The average Bonchev–Trinajstić information content (AvgIpc) is 2.77. The van der Waals surface area contributed by atoms with E-state index in [0.717, 1.165) is 36.9 Å². The Bertz CT molecular complexity index is 790. The molecule has 0 spiro atoms. The molecule has 3 rings (SSSR count). The van der Waals surface area contributed by atoms with Gasteiger partial charge in [-0.05, 0) is 25.7 Å². The molecule has 2 aromatic rings. The number of hydrogen-bond acceptors (Lipinski definition) is 4. The topological polar surface area (TPSA) is 107 Å². The predicted molar refractivity (Wildman–Crippen MR) is 66.2 cm³/mol. The third-order valence-electron chi connectivity index (χ3n) is 3.29. The molecule has 0 aromatic carbocycles. The summed E-state index contributed by atoms with van der Waals surface area (Å²) in [5.74, 6) is 0.114. The van der Waals surface area contributed by atoms with Gasteiger partial charge < -0.3 is 0 Å². The van der Waals surface area contributed by atoms with Gasteiger partial charge in [0.2, 0.25) is 5.95 Å². The van der Waals surface area contributed by atoms with Crippen molar-refractivity contribution in [1.29, 1.82) is 5.26 Å². The summed E-state index contributed by atoms with van der Waals surface area (Å²) in [4.78, 5) is 30.1. The van der Waals surface area contributed by atoms with Crippen molar-refractivity contribution in [2.75, 3.05) is 0 Å². The molecule has 19 heavy (non-hydrogen) atoms. The third-order valence-corrected chi connectivity index (χ3v) is 3.29. The highest BCUT2D eigenvalue weighted by Gasteiger charge is 2.19. The lowest BCUT2D eigenvalue weighted by Crippen LogP contribution is -2.23. The number of rotatable bonds is 1. The van der Waals surface area contributed by atoms with Crippen LogP contribution in [0.5, 0.6) is 0 Å². The summed E-state index contributed by atoms with van der Waals surface area (Å²) in [5.41, 5.74) is 0.865. The fraction of sp³-hybridized carbons (Fsp3) is 0.333. The van der Waals surface area contributed by atoms with E-state index in [4.69, 9.17) is 5.26 Å². The Morgan fingerprint density at radius 2 is 2.11 bits per heavy atom. The van der Waals surface area contributed by atoms with Gasteiger partial charge in [-0.15, -0.1) is 0 Å². The van der Waals surface area contributed by atoms with Crippen LogP contribution in [0, 0.1) is 11.3 Å². The number of nitrogens with zero attached hydrogens (tertiary/aromatic N) is 3. The van der Waals surface area contributed by atoms with Crippen LogP contribution in [0.15, 0.2) is 15.8 Å². The first kappa shape index (κ1) is 11.5. The molecular weight excluding hydrogens is 246 g/mol. The Hall–Kier alpha value is -2.62. The van der Waals surface area contributed by atoms with Crippen LogP contribution in [0.4, 0.5) is 0 Å². The van der Waals surface area contributed by atoms with Crippen molar-refractivity contribution < 1.29 is 0 Å². The van der Waals surface area contributed by atoms with Crippen molar-refractivity contribution in [1.82, 2.24) is 19.7 Å². The van der Waals surface area contributed by atoms with Gasteiger partial charge in [-0.1, -0.05) is 0 Å². The maximum Gasteiger partial charge on any atom is 0.277 e. The normalized spacial score (nSPS) is 13.8. The smallest absolute Gasteiger partial charge is 0.277 e. The highest BCUT2D eigenvalue weighted by molar-refractivity contribution is 5.27. The summed E-state index contributed by atoms with van der Waals surface area (Å²) >= 11 is 0. The number of fused-ring (bicyclic) bond motifs is 1. The Morgan fingerprint density at radius 3 is 2.79 bits per heavy atom. The summed E-state index contributed by atoms with van der Waals surface area (Å²) in [5, 5.41) is 11.7. The van der Waals surface area contributed by atoms with Gasteiger partial charge in [0, 0.05) is 11.3 Å². The summed E-state index contributed by atoms with van der Waals surface area (Å²) in [6, 6.07) is 1.73. The maximum absolute atomic E-state index is 12.2. The van der Waals surface area contributed by atoms with E-state index in [1.54, 1.807) is 6.07 Å². The largest absolute Gasteiger partial charge is 0.292 e. The lowest BCUT2D eigenvalue weighted by atomic mass is 9.98. The molecule has 1 aliphatic rings. The molecule has 7 heteroatoms. The zero-order chi connectivity index (χ0) is 13.4. The molecule has 0 bridgehead atoms. The zero-order valence-electron chi connectivity index (χ0n) is 10.1. The third kappa shape index (κ3) is 1.78. The zero-order valence-corrected chi connectivity index (χ0v) is 10.1. The van der Waals surface area contributed by atoms with E-state index in [2.05, 4.69) is 15.1 Å². The van der Waals surface area contributed by atoms with Crippen LogP contribution in [-0.4, -0.2) is 19.7 Å². The number of nitrogens with one attached hydrogen (secondary N) is 2. The lowest BCUT2D eigenvalue weighted by Gasteiger charge is -2.07. The van der Waals surface area contributed by atoms with E-state index in [-0.39, 0.29) is 17.1 Å². The molecule has 0 aliphatic heterocycles. The highest BCUT2D eigenvalue weighted by Crippen LogP contribution is 2.16. The fourth-order valence-corrected chi connectivity index (χ4v) is 2.31. The van der Waals surface area contributed by atoms with Crippen molar-refractivity contribution in [3.05, 3.63) is 43.7 Å². The molecule has 2 N–H and O–H groups in total. The Balaban J connectivity index is 2.16. The van der Waals surface area contributed by atoms with Gasteiger partial charge in [-0.25, -0.2) is 4.98 Å². The van der Waals surface area contributed by atoms with Gasteiger partial charge in [0.15, 0.2) is 0 Å². The first-order valence-corrected chi connectivity index (χ1v) is 6.03. The first-order valence-electron chi connectivity index (χ1n) is 6.03. The van der Waals surface area contributed by atoms with E-state index < -0.39 is 5.56 Å². The van der Waals surface area contributed by atoms with Crippen molar-refractivity contribution in [3.63, 3.8) is 0 Å². The van der Waals surface area contributed by atoms with Crippen LogP contribution < -0.4 is 11.1 Å². The molecule has 96 valence electrons. The first-order chi connectivity index (χ1) is 9.20. The van der Waals surface area contributed by atoms with E-state index in [1.807, 2.05) is 0 Å². The molecule has 0 saturated heterocycles. The van der Waals surface area contributed by atoms with E-state index in [1.165, 1.54) is 10.9 Å². The van der Waals surface area contributed by atoms with Crippen LogP contribution in [0.3, 0.4) is 0 Å². The van der Waals surface area contributed by atoms with Gasteiger partial charge in [-0.3, -0.25) is 19.7 Å². The van der Waals surface area contributed by atoms with Crippen LogP contribution in [0.25, 0.3) is 5.95 Å². The van der Waals surface area contributed by atoms with Crippen LogP contribution >= 0.6 is 0 Å². The standard InChI is InChI=1S/C12H11N5O2/c13-5-7-6-14-12(15-10(7)18)17-11(19)8-3-1-2-4-9(8)16-17/h6,16H,1-4H2,(H,14,15,18). The SMILES string of the molecule is N#Cc1cnc(-n2[nH]c3c(c2=O)CCCC3)[nH]c1=O. The van der Waals surface area contributed by atoms with E-state index in [9.17, 15) is 9.59 Å². The van der Waals surface area contributed by atoms with Gasteiger partial charge in [0.1, 0.15) is 11.6 Å². The molecule has 0 radical (unpaired) electrons. The van der Waals surface area contributed by atoms with Crippen molar-refractivity contribution in [2.45, 2.75) is 25.7 Å². The molecule has 2 heterocycles. The molecule has 1 aliphatic carbocycles. The van der Waals surface area contributed by atoms with Crippen molar-refractivity contribution in [2.24, 2.45) is 0 Å². The number of hydrogen-bond donors (Lipinski definition) is 2. The number of aromatic nitrogens is 4. The predicted octanol–water partition coefficient (Wildman–Crippen LogP) is -0.000620. The van der Waals surface area contributed by atoms with Crippen LogP contribution in [-0.2, 0) is 12.8 Å². The number of H-pyrrole nitrogens is 2. The van der Waals surface area contributed by atoms with Gasteiger partial charge in [0.25, 0.3) is 11.1 Å². The molecule has 2 aromatic heterocycles.